The third-order valence-electron chi connectivity index (χ3n) is 2.12. The summed E-state index contributed by atoms with van der Waals surface area (Å²) in [6.45, 7) is 2.58. The van der Waals surface area contributed by atoms with Gasteiger partial charge in [-0.3, -0.25) is 4.84 Å². The van der Waals surface area contributed by atoms with Gasteiger partial charge in [-0.05, 0) is 0 Å². The van der Waals surface area contributed by atoms with E-state index in [4.69, 9.17) is 9.57 Å². The first kappa shape index (κ1) is 5.65. The number of hydrogen-bond acceptors (Lipinski definition) is 3. The van der Waals surface area contributed by atoms with E-state index in [1.165, 1.54) is 0 Å². The van der Waals surface area contributed by atoms with Crippen LogP contribution in [0.15, 0.2) is 0 Å². The lowest BCUT2D eigenvalue weighted by Crippen LogP contribution is -2.27. The topological polar surface area (TPSA) is 21.7 Å². The van der Waals surface area contributed by atoms with Crippen molar-refractivity contribution >= 4 is 0 Å². The van der Waals surface area contributed by atoms with Crippen LogP contribution in [0.4, 0.5) is 0 Å². The average Bonchev–Trinajstić information content (AvgIpc) is 2.35. The van der Waals surface area contributed by atoms with Gasteiger partial charge in [-0.15, -0.1) is 0 Å². The van der Waals surface area contributed by atoms with Gasteiger partial charge in [0.2, 0.25) is 0 Å². The molecular formula is C6H11NO2. The molecule has 0 amide bonds. The Kier molecular flexibility index (Phi) is 1.22. The molecule has 2 heterocycles. The second kappa shape index (κ2) is 1.94. The van der Waals surface area contributed by atoms with Crippen LogP contribution in [0.25, 0.3) is 0 Å². The summed E-state index contributed by atoms with van der Waals surface area (Å²) in [7, 11) is 1.97. The molecule has 0 aromatic rings. The SMILES string of the molecule is CN1OC[C@@H]2COC[C@@H]21. The second-order valence-corrected chi connectivity index (χ2v) is 2.71. The molecule has 0 bridgehead atoms. The van der Waals surface area contributed by atoms with Crippen LogP contribution in [0, 0.1) is 5.92 Å². The first-order chi connectivity index (χ1) is 4.38. The summed E-state index contributed by atoms with van der Waals surface area (Å²) in [5, 5.41) is 1.91. The van der Waals surface area contributed by atoms with Gasteiger partial charge >= 0.3 is 0 Å². The third kappa shape index (κ3) is 0.764. The minimum Gasteiger partial charge on any atom is -0.379 e. The van der Waals surface area contributed by atoms with Crippen LogP contribution in [0.1, 0.15) is 0 Å². The molecule has 0 spiro atoms. The molecule has 3 nitrogen and oxygen atoms in total. The zero-order valence-corrected chi connectivity index (χ0v) is 5.54. The van der Waals surface area contributed by atoms with Crippen molar-refractivity contribution in [1.29, 1.82) is 0 Å². The lowest BCUT2D eigenvalue weighted by Gasteiger charge is -2.12. The molecule has 0 aromatic carbocycles. The van der Waals surface area contributed by atoms with Crippen molar-refractivity contribution in [2.75, 3.05) is 26.9 Å². The van der Waals surface area contributed by atoms with Crippen LogP contribution in [-0.2, 0) is 9.57 Å². The van der Waals surface area contributed by atoms with E-state index < -0.39 is 0 Å². The van der Waals surface area contributed by atoms with Gasteiger partial charge in [0.25, 0.3) is 0 Å². The van der Waals surface area contributed by atoms with Crippen LogP contribution in [-0.4, -0.2) is 38.0 Å². The van der Waals surface area contributed by atoms with Gasteiger partial charge in [-0.25, -0.2) is 0 Å². The van der Waals surface area contributed by atoms with Gasteiger partial charge in [-0.2, -0.15) is 5.06 Å². The van der Waals surface area contributed by atoms with Crippen molar-refractivity contribution in [1.82, 2.24) is 5.06 Å². The second-order valence-electron chi connectivity index (χ2n) is 2.71. The highest BCUT2D eigenvalue weighted by molar-refractivity contribution is 4.82. The first-order valence-corrected chi connectivity index (χ1v) is 3.31. The number of ether oxygens (including phenoxy) is 1. The fourth-order valence-electron chi connectivity index (χ4n) is 1.46. The molecule has 2 saturated heterocycles. The maximum Gasteiger partial charge on any atom is 0.0752 e. The Morgan fingerprint density at radius 1 is 1.33 bits per heavy atom. The highest BCUT2D eigenvalue weighted by atomic mass is 16.7. The van der Waals surface area contributed by atoms with E-state index in [0.717, 1.165) is 19.8 Å². The van der Waals surface area contributed by atoms with Crippen molar-refractivity contribution in [3.63, 3.8) is 0 Å². The normalized spacial score (nSPS) is 43.7. The summed E-state index contributed by atoms with van der Waals surface area (Å²) in [6.07, 6.45) is 0. The van der Waals surface area contributed by atoms with E-state index in [1.807, 2.05) is 12.1 Å². The fourth-order valence-corrected chi connectivity index (χ4v) is 1.46. The van der Waals surface area contributed by atoms with E-state index in [2.05, 4.69) is 0 Å². The Bertz CT molecular complexity index is 118. The van der Waals surface area contributed by atoms with Gasteiger partial charge in [0.05, 0.1) is 25.9 Å². The Labute approximate surface area is 54.5 Å². The monoisotopic (exact) mass is 129 g/mol. The summed E-state index contributed by atoms with van der Waals surface area (Å²) in [6, 6.07) is 0.532. The Balaban J connectivity index is 2.07. The summed E-state index contributed by atoms with van der Waals surface area (Å²) in [4.78, 5) is 5.27. The molecular weight excluding hydrogens is 118 g/mol. The zero-order chi connectivity index (χ0) is 6.27. The summed E-state index contributed by atoms with van der Waals surface area (Å²) in [5.74, 6) is 0.634. The van der Waals surface area contributed by atoms with Crippen LogP contribution in [0.5, 0.6) is 0 Å². The Hall–Kier alpha value is -0.120. The molecule has 2 aliphatic rings. The van der Waals surface area contributed by atoms with E-state index in [1.54, 1.807) is 0 Å². The lowest BCUT2D eigenvalue weighted by molar-refractivity contribution is -0.120. The van der Waals surface area contributed by atoms with Crippen molar-refractivity contribution < 1.29 is 9.57 Å². The maximum atomic E-state index is 5.27. The zero-order valence-electron chi connectivity index (χ0n) is 5.54. The molecule has 2 atom stereocenters. The molecule has 0 N–H and O–H groups in total. The van der Waals surface area contributed by atoms with E-state index in [0.29, 0.717) is 12.0 Å². The van der Waals surface area contributed by atoms with E-state index in [-0.39, 0.29) is 0 Å². The van der Waals surface area contributed by atoms with Gasteiger partial charge < -0.3 is 4.74 Å². The molecule has 0 saturated carbocycles. The molecule has 2 aliphatic heterocycles. The first-order valence-electron chi connectivity index (χ1n) is 3.31. The molecule has 0 aromatic heterocycles. The predicted octanol–water partition coefficient (Wildman–Crippen LogP) is -0.122. The maximum absolute atomic E-state index is 5.27. The van der Waals surface area contributed by atoms with Gasteiger partial charge in [0.15, 0.2) is 0 Å². The molecule has 3 heteroatoms. The van der Waals surface area contributed by atoms with Crippen molar-refractivity contribution in [3.05, 3.63) is 0 Å². The standard InChI is InChI=1S/C6H11NO2/c1-7-6-4-8-2-5(6)3-9-7/h5-6H,2-4H2,1H3/t5-,6-/m0/s1. The van der Waals surface area contributed by atoms with E-state index in [9.17, 15) is 0 Å². The van der Waals surface area contributed by atoms with E-state index >= 15 is 0 Å². The number of likely N-dealkylation sites (N-methyl/N-ethyl adjacent to an activating group) is 1. The summed E-state index contributed by atoms with van der Waals surface area (Å²) < 4.78 is 5.26. The molecule has 0 unspecified atom stereocenters. The smallest absolute Gasteiger partial charge is 0.0752 e. The fraction of sp³-hybridized carbons (Fsp3) is 1.00. The molecule has 9 heavy (non-hydrogen) atoms. The number of hydrogen-bond donors (Lipinski definition) is 0. The van der Waals surface area contributed by atoms with Gasteiger partial charge in [-0.1, -0.05) is 0 Å². The highest BCUT2D eigenvalue weighted by Crippen LogP contribution is 2.24. The summed E-state index contributed by atoms with van der Waals surface area (Å²) in [5.41, 5.74) is 0. The van der Waals surface area contributed by atoms with Crippen molar-refractivity contribution in [2.24, 2.45) is 5.92 Å². The number of hydroxylamine groups is 2. The van der Waals surface area contributed by atoms with Crippen LogP contribution >= 0.6 is 0 Å². The van der Waals surface area contributed by atoms with Crippen LogP contribution in [0.2, 0.25) is 0 Å². The third-order valence-corrected chi connectivity index (χ3v) is 2.12. The molecule has 0 aliphatic carbocycles. The van der Waals surface area contributed by atoms with Crippen molar-refractivity contribution in [3.8, 4) is 0 Å². The Morgan fingerprint density at radius 2 is 2.22 bits per heavy atom. The van der Waals surface area contributed by atoms with Crippen molar-refractivity contribution in [2.45, 2.75) is 6.04 Å². The predicted molar refractivity (Wildman–Crippen MR) is 31.8 cm³/mol. The number of rotatable bonds is 0. The molecule has 52 valence electrons. The van der Waals surface area contributed by atoms with Gasteiger partial charge in [0, 0.05) is 13.0 Å². The number of fused-ring (bicyclic) bond motifs is 1. The summed E-state index contributed by atoms with van der Waals surface area (Å²) >= 11 is 0. The Morgan fingerprint density at radius 3 is 3.00 bits per heavy atom. The largest absolute Gasteiger partial charge is 0.379 e. The number of nitrogens with zero attached hydrogens (tertiary/aromatic N) is 1. The average molecular weight is 129 g/mol. The molecule has 2 fully saturated rings. The minimum absolute atomic E-state index is 0.532. The van der Waals surface area contributed by atoms with Crippen LogP contribution in [0.3, 0.4) is 0 Å². The lowest BCUT2D eigenvalue weighted by atomic mass is 10.1. The van der Waals surface area contributed by atoms with Crippen LogP contribution < -0.4 is 0 Å². The minimum atomic E-state index is 0.532. The quantitative estimate of drug-likeness (QED) is 0.455. The molecule has 2 rings (SSSR count). The highest BCUT2D eigenvalue weighted by Gasteiger charge is 2.37. The molecule has 0 radical (unpaired) electrons. The van der Waals surface area contributed by atoms with Gasteiger partial charge in [0.1, 0.15) is 0 Å².